The average Bonchev–Trinajstić information content (AvgIpc) is 3.44. The Balaban J connectivity index is 1.42. The van der Waals surface area contributed by atoms with Gasteiger partial charge in [-0.3, -0.25) is 0 Å². The summed E-state index contributed by atoms with van der Waals surface area (Å²) in [6.07, 6.45) is 0. The van der Waals surface area contributed by atoms with Gasteiger partial charge >= 0.3 is 0 Å². The van der Waals surface area contributed by atoms with Crippen LogP contribution in [0.1, 0.15) is 5.56 Å². The molecule has 0 saturated heterocycles. The SMILES string of the molecule is Bc1c(B)c(B)c(-c2cccc(-c3nc(Cl)nc(-c4ccc5c(c4)c4cc(C#N)ccc4n5-c4c(B)c(B)c(B)c(B)c4B)n3)c2)c(B)c1B. The van der Waals surface area contributed by atoms with Gasteiger partial charge in [0.25, 0.3) is 0 Å². The molecule has 5 nitrogen and oxygen atoms in total. The summed E-state index contributed by atoms with van der Waals surface area (Å²) < 4.78 is 2.34. The van der Waals surface area contributed by atoms with Crippen LogP contribution in [0.3, 0.4) is 0 Å². The molecule has 0 fully saturated rings. The third-order valence-electron chi connectivity index (χ3n) is 11.4. The van der Waals surface area contributed by atoms with Crippen LogP contribution in [0, 0.1) is 11.3 Å². The summed E-state index contributed by atoms with van der Waals surface area (Å²) in [5.41, 5.74) is 20.9. The van der Waals surface area contributed by atoms with Gasteiger partial charge in [-0.05, 0) is 65.2 Å². The van der Waals surface area contributed by atoms with E-state index in [0.717, 1.165) is 38.5 Å². The van der Waals surface area contributed by atoms with Gasteiger partial charge in [-0.2, -0.15) is 15.2 Å². The fourth-order valence-electron chi connectivity index (χ4n) is 7.64. The third kappa shape index (κ3) is 5.28. The summed E-state index contributed by atoms with van der Waals surface area (Å²) in [7, 11) is 22.0. The first-order valence-corrected chi connectivity index (χ1v) is 17.4. The largest absolute Gasteiger partial charge is 0.310 e. The lowest BCUT2D eigenvalue weighted by molar-refractivity contribution is 1.07. The Labute approximate surface area is 307 Å². The maximum atomic E-state index is 9.85. The van der Waals surface area contributed by atoms with Crippen LogP contribution >= 0.6 is 11.6 Å². The molecule has 0 bridgehead atoms. The number of hydrogen-bond acceptors (Lipinski definition) is 4. The first kappa shape index (κ1) is 33.8. The molecule has 0 radical (unpaired) electrons. The number of fused-ring (bicyclic) bond motifs is 3. The number of rotatable bonds is 4. The van der Waals surface area contributed by atoms with E-state index in [4.69, 9.17) is 16.6 Å². The predicted molar refractivity (Wildman–Crippen MR) is 242 cm³/mol. The molecule has 7 aromatic rings. The summed E-state index contributed by atoms with van der Waals surface area (Å²) in [6.45, 7) is 0. The number of nitriles is 1. The van der Waals surface area contributed by atoms with Gasteiger partial charge in [0.2, 0.25) is 5.28 Å². The Morgan fingerprint density at radius 1 is 0.520 bits per heavy atom. The summed E-state index contributed by atoms with van der Waals surface area (Å²) in [4.78, 5) is 14.2. The van der Waals surface area contributed by atoms with Crippen molar-refractivity contribution < 1.29 is 0 Å². The fourth-order valence-corrected chi connectivity index (χ4v) is 7.80. The molecule has 2 aromatic heterocycles. The minimum absolute atomic E-state index is 0.135. The topological polar surface area (TPSA) is 67.4 Å². The van der Waals surface area contributed by atoms with Gasteiger partial charge < -0.3 is 4.57 Å². The zero-order valence-electron chi connectivity index (χ0n) is 30.4. The van der Waals surface area contributed by atoms with E-state index in [9.17, 15) is 5.26 Å². The van der Waals surface area contributed by atoms with E-state index in [2.05, 4.69) is 142 Å². The number of hydrogen-bond donors (Lipinski definition) is 0. The summed E-state index contributed by atoms with van der Waals surface area (Å²) in [5, 5.41) is 12.0. The quantitative estimate of drug-likeness (QED) is 0.178. The molecule has 0 saturated carbocycles. The van der Waals surface area contributed by atoms with Crippen molar-refractivity contribution in [3.63, 3.8) is 0 Å². The number of nitrogens with zero attached hydrogens (tertiary/aromatic N) is 5. The first-order chi connectivity index (χ1) is 23.8. The maximum absolute atomic E-state index is 9.85. The highest BCUT2D eigenvalue weighted by molar-refractivity contribution is 6.69. The molecule has 0 spiro atoms. The molecule has 0 unspecified atom stereocenters. The van der Waals surface area contributed by atoms with E-state index in [1.165, 1.54) is 65.9 Å². The van der Waals surface area contributed by atoms with Crippen molar-refractivity contribution in [2.24, 2.45) is 0 Å². The zero-order chi connectivity index (χ0) is 35.8. The summed E-state index contributed by atoms with van der Waals surface area (Å²) >= 11 is 6.63. The molecular weight excluding hydrogens is 622 g/mol. The highest BCUT2D eigenvalue weighted by Gasteiger charge is 2.21. The molecule has 0 aliphatic heterocycles. The van der Waals surface area contributed by atoms with Crippen LogP contribution in [-0.2, 0) is 0 Å². The smallest absolute Gasteiger partial charge is 0.226 e. The van der Waals surface area contributed by atoms with E-state index in [1.807, 2.05) is 18.2 Å². The van der Waals surface area contributed by atoms with E-state index in [0.29, 0.717) is 17.2 Å². The van der Waals surface area contributed by atoms with Crippen LogP contribution in [0.5, 0.6) is 0 Å². The van der Waals surface area contributed by atoms with Gasteiger partial charge in [0.15, 0.2) is 11.6 Å². The minimum atomic E-state index is 0.135. The van der Waals surface area contributed by atoms with E-state index in [-0.39, 0.29) is 5.28 Å². The molecule has 2 heterocycles. The molecule has 0 atom stereocenters. The molecule has 16 heteroatoms. The lowest BCUT2D eigenvalue weighted by atomic mass is 9.59. The van der Waals surface area contributed by atoms with Crippen molar-refractivity contribution in [2.75, 3.05) is 0 Å². The first-order valence-electron chi connectivity index (χ1n) is 17.0. The van der Waals surface area contributed by atoms with Gasteiger partial charge in [-0.15, -0.1) is 21.9 Å². The Kier molecular flexibility index (Phi) is 8.51. The van der Waals surface area contributed by atoms with Crippen molar-refractivity contribution >= 4 is 166 Å². The monoisotopic (exact) mass is 653 g/mol. The van der Waals surface area contributed by atoms with Gasteiger partial charge in [0.05, 0.1) is 22.7 Å². The molecule has 5 aromatic carbocycles. The standard InChI is InChI=1S/C34H30B10ClN5/c35-21-20(22(36)24(38)25(39)23(21)37)13-2-1-3-14(9-13)32-47-33(49-34(45)48-32)15-5-7-19-17(10-15)16-8-12(11-46)4-6-18(16)50(19)31-29(43)27(41)26(40)28(42)30(31)44/h1-10H,35-44H2. The summed E-state index contributed by atoms with van der Waals surface area (Å²) in [5.74, 6) is 1.01. The normalized spacial score (nSPS) is 11.3. The lowest BCUT2D eigenvalue weighted by Crippen LogP contribution is -2.56. The number of benzene rings is 5. The molecule has 50 heavy (non-hydrogen) atoms. The van der Waals surface area contributed by atoms with Crippen molar-refractivity contribution in [1.82, 2.24) is 19.5 Å². The predicted octanol–water partition coefficient (Wildman–Crippen LogP) is -8.92. The van der Waals surface area contributed by atoms with Crippen molar-refractivity contribution in [3.8, 4) is 45.7 Å². The van der Waals surface area contributed by atoms with Gasteiger partial charge in [0.1, 0.15) is 78.5 Å². The lowest BCUT2D eigenvalue weighted by Gasteiger charge is -2.22. The average molecular weight is 652 g/mol. The van der Waals surface area contributed by atoms with E-state index in [1.54, 1.807) is 0 Å². The van der Waals surface area contributed by atoms with Crippen LogP contribution in [0.2, 0.25) is 5.28 Å². The number of halogens is 1. The van der Waals surface area contributed by atoms with Crippen LogP contribution in [0.25, 0.3) is 61.4 Å². The van der Waals surface area contributed by atoms with Crippen LogP contribution in [0.15, 0.2) is 60.7 Å². The van der Waals surface area contributed by atoms with Gasteiger partial charge in [-0.25, -0.2) is 4.98 Å². The fraction of sp³-hybridized carbons (Fsp3) is 0. The Morgan fingerprint density at radius 3 is 1.58 bits per heavy atom. The molecule has 0 aliphatic carbocycles. The molecule has 0 aliphatic rings. The second-order valence-electron chi connectivity index (χ2n) is 13.7. The highest BCUT2D eigenvalue weighted by Crippen LogP contribution is 2.35. The van der Waals surface area contributed by atoms with Crippen LogP contribution in [0.4, 0.5) is 0 Å². The maximum Gasteiger partial charge on any atom is 0.226 e. The van der Waals surface area contributed by atoms with E-state index >= 15 is 0 Å². The van der Waals surface area contributed by atoms with Crippen LogP contribution < -0.4 is 54.6 Å². The Hall–Kier alpha value is -4.66. The molecular formula is C34H30B10ClN5. The second-order valence-corrected chi connectivity index (χ2v) is 14.1. The molecule has 0 amide bonds. The summed E-state index contributed by atoms with van der Waals surface area (Å²) in [6, 6.07) is 22.9. The van der Waals surface area contributed by atoms with Crippen LogP contribution in [-0.4, -0.2) is 98.0 Å². The van der Waals surface area contributed by atoms with Crippen molar-refractivity contribution in [3.05, 3.63) is 71.5 Å². The molecule has 7 rings (SSSR count). The number of aromatic nitrogens is 4. The van der Waals surface area contributed by atoms with Gasteiger partial charge in [-0.1, -0.05) is 51.0 Å². The van der Waals surface area contributed by atoms with E-state index < -0.39 is 0 Å². The second kappa shape index (κ2) is 12.6. The van der Waals surface area contributed by atoms with Crippen molar-refractivity contribution in [2.45, 2.75) is 0 Å². The minimum Gasteiger partial charge on any atom is -0.310 e. The zero-order valence-corrected chi connectivity index (χ0v) is 31.1. The Bertz CT molecular complexity index is 2590. The third-order valence-corrected chi connectivity index (χ3v) is 11.5. The van der Waals surface area contributed by atoms with Gasteiger partial charge in [0, 0.05) is 27.6 Å². The molecule has 228 valence electrons. The Morgan fingerprint density at radius 2 is 1.00 bits per heavy atom. The molecule has 0 N–H and O–H groups in total. The van der Waals surface area contributed by atoms with Crippen molar-refractivity contribution in [1.29, 1.82) is 5.26 Å². The highest BCUT2D eigenvalue weighted by atomic mass is 35.5.